The summed E-state index contributed by atoms with van der Waals surface area (Å²) in [5.74, 6) is -1.19. The summed E-state index contributed by atoms with van der Waals surface area (Å²) in [6.45, 7) is 3.43. The van der Waals surface area contributed by atoms with Crippen LogP contribution < -0.4 is 4.74 Å². The molecule has 3 rings (SSSR count). The quantitative estimate of drug-likeness (QED) is 0.472. The standard InChI is InChI=1S/C22H23NO5/c1-13-7-9-15(10-8-13)20(25)18-19(16-5-4-6-17(11-16)28-3)23(12-14(2)24)22(27)21(18)26/h4-11,14,19,24-25H,12H2,1-3H3. The number of likely N-dealkylation sites (tertiary alicyclic amines) is 1. The van der Waals surface area contributed by atoms with Crippen LogP contribution in [0.3, 0.4) is 0 Å². The summed E-state index contributed by atoms with van der Waals surface area (Å²) < 4.78 is 5.26. The number of rotatable bonds is 5. The van der Waals surface area contributed by atoms with Crippen molar-refractivity contribution in [2.75, 3.05) is 13.7 Å². The minimum Gasteiger partial charge on any atom is -0.507 e. The van der Waals surface area contributed by atoms with Crippen LogP contribution in [-0.4, -0.2) is 46.6 Å². The molecule has 0 aliphatic carbocycles. The lowest BCUT2D eigenvalue weighted by Crippen LogP contribution is -2.35. The van der Waals surface area contributed by atoms with Crippen molar-refractivity contribution in [2.24, 2.45) is 0 Å². The van der Waals surface area contributed by atoms with Gasteiger partial charge in [0, 0.05) is 12.1 Å². The number of carbonyl (C=O) groups is 2. The predicted molar refractivity (Wildman–Crippen MR) is 105 cm³/mol. The molecule has 1 amide bonds. The second-order valence-electron chi connectivity index (χ2n) is 6.94. The lowest BCUT2D eigenvalue weighted by atomic mass is 9.95. The highest BCUT2D eigenvalue weighted by Crippen LogP contribution is 2.40. The zero-order valence-corrected chi connectivity index (χ0v) is 16.0. The van der Waals surface area contributed by atoms with Gasteiger partial charge in [0.25, 0.3) is 11.7 Å². The van der Waals surface area contributed by atoms with Gasteiger partial charge in [-0.3, -0.25) is 9.59 Å². The van der Waals surface area contributed by atoms with Gasteiger partial charge in [-0.15, -0.1) is 0 Å². The van der Waals surface area contributed by atoms with Gasteiger partial charge in [-0.25, -0.2) is 0 Å². The number of methoxy groups -OCH3 is 1. The van der Waals surface area contributed by atoms with E-state index in [9.17, 15) is 19.8 Å². The molecule has 6 nitrogen and oxygen atoms in total. The Balaban J connectivity index is 2.19. The first-order valence-corrected chi connectivity index (χ1v) is 9.01. The fourth-order valence-electron chi connectivity index (χ4n) is 3.38. The third-order valence-electron chi connectivity index (χ3n) is 4.74. The van der Waals surface area contributed by atoms with Crippen LogP contribution in [0.2, 0.25) is 0 Å². The molecule has 1 fully saturated rings. The molecule has 6 heteroatoms. The van der Waals surface area contributed by atoms with Crippen LogP contribution in [0.15, 0.2) is 54.1 Å². The van der Waals surface area contributed by atoms with Gasteiger partial charge in [-0.2, -0.15) is 0 Å². The number of aryl methyl sites for hydroxylation is 1. The van der Waals surface area contributed by atoms with Crippen molar-refractivity contribution in [3.63, 3.8) is 0 Å². The van der Waals surface area contributed by atoms with E-state index in [1.165, 1.54) is 12.0 Å². The van der Waals surface area contributed by atoms with Crippen LogP contribution in [-0.2, 0) is 9.59 Å². The van der Waals surface area contributed by atoms with Crippen molar-refractivity contribution in [3.8, 4) is 5.75 Å². The van der Waals surface area contributed by atoms with Gasteiger partial charge >= 0.3 is 0 Å². The summed E-state index contributed by atoms with van der Waals surface area (Å²) in [5, 5.41) is 20.7. The molecule has 1 heterocycles. The zero-order chi connectivity index (χ0) is 20.4. The van der Waals surface area contributed by atoms with Crippen LogP contribution in [0.5, 0.6) is 5.75 Å². The van der Waals surface area contributed by atoms with Crippen molar-refractivity contribution in [2.45, 2.75) is 26.0 Å². The molecule has 146 valence electrons. The average molecular weight is 381 g/mol. The molecule has 1 saturated heterocycles. The van der Waals surface area contributed by atoms with E-state index in [0.717, 1.165) is 5.56 Å². The Labute approximate surface area is 163 Å². The van der Waals surface area contributed by atoms with Gasteiger partial charge in [0.2, 0.25) is 0 Å². The van der Waals surface area contributed by atoms with E-state index in [1.807, 2.05) is 19.1 Å². The summed E-state index contributed by atoms with van der Waals surface area (Å²) >= 11 is 0. The molecule has 2 aromatic rings. The average Bonchev–Trinajstić information content (AvgIpc) is 2.92. The van der Waals surface area contributed by atoms with E-state index >= 15 is 0 Å². The third kappa shape index (κ3) is 3.64. The number of benzene rings is 2. The molecule has 1 aliphatic heterocycles. The summed E-state index contributed by atoms with van der Waals surface area (Å²) in [4.78, 5) is 26.8. The van der Waals surface area contributed by atoms with Crippen molar-refractivity contribution >= 4 is 17.4 Å². The minimum atomic E-state index is -0.828. The summed E-state index contributed by atoms with van der Waals surface area (Å²) in [6.07, 6.45) is -0.828. The van der Waals surface area contributed by atoms with E-state index in [-0.39, 0.29) is 17.9 Å². The number of aliphatic hydroxyl groups is 2. The zero-order valence-electron chi connectivity index (χ0n) is 16.0. The van der Waals surface area contributed by atoms with E-state index in [1.54, 1.807) is 43.3 Å². The number of ketones is 1. The molecule has 2 unspecified atom stereocenters. The van der Waals surface area contributed by atoms with Crippen molar-refractivity contribution in [1.82, 2.24) is 4.90 Å². The molecule has 0 radical (unpaired) electrons. The van der Waals surface area contributed by atoms with Crippen LogP contribution in [0.25, 0.3) is 5.76 Å². The van der Waals surface area contributed by atoms with Crippen molar-refractivity contribution < 1.29 is 24.5 Å². The lowest BCUT2D eigenvalue weighted by Gasteiger charge is -2.26. The van der Waals surface area contributed by atoms with Gasteiger partial charge in [0.15, 0.2) is 0 Å². The van der Waals surface area contributed by atoms with E-state index < -0.39 is 23.8 Å². The second-order valence-corrected chi connectivity index (χ2v) is 6.94. The highest BCUT2D eigenvalue weighted by molar-refractivity contribution is 6.46. The number of aliphatic hydroxyl groups excluding tert-OH is 2. The Morgan fingerprint density at radius 1 is 1.18 bits per heavy atom. The Morgan fingerprint density at radius 2 is 1.86 bits per heavy atom. The number of ether oxygens (including phenoxy) is 1. The maximum Gasteiger partial charge on any atom is 0.295 e. The molecular formula is C22H23NO5. The van der Waals surface area contributed by atoms with Gasteiger partial charge in [-0.1, -0.05) is 42.0 Å². The van der Waals surface area contributed by atoms with E-state index in [0.29, 0.717) is 16.9 Å². The lowest BCUT2D eigenvalue weighted by molar-refractivity contribution is -0.140. The molecule has 2 aromatic carbocycles. The Hall–Kier alpha value is -3.12. The predicted octanol–water partition coefficient (Wildman–Crippen LogP) is 2.81. The van der Waals surface area contributed by atoms with Gasteiger partial charge in [0.05, 0.1) is 24.8 Å². The fraction of sp³-hybridized carbons (Fsp3) is 0.273. The number of hydrogen-bond donors (Lipinski definition) is 2. The maximum absolute atomic E-state index is 12.8. The number of amides is 1. The fourth-order valence-corrected chi connectivity index (χ4v) is 3.38. The highest BCUT2D eigenvalue weighted by Gasteiger charge is 2.46. The minimum absolute atomic E-state index is 0.00255. The van der Waals surface area contributed by atoms with Crippen LogP contribution >= 0.6 is 0 Å². The monoisotopic (exact) mass is 381 g/mol. The molecule has 0 aromatic heterocycles. The summed E-state index contributed by atoms with van der Waals surface area (Å²) in [6, 6.07) is 13.2. The number of hydrogen-bond acceptors (Lipinski definition) is 5. The van der Waals surface area contributed by atoms with Gasteiger partial charge in [0.1, 0.15) is 11.5 Å². The topological polar surface area (TPSA) is 87.1 Å². The SMILES string of the molecule is COc1cccc(C2C(=C(O)c3ccc(C)cc3)C(=O)C(=O)N2CC(C)O)c1. The molecule has 1 aliphatic rings. The molecule has 0 bridgehead atoms. The summed E-state index contributed by atoms with van der Waals surface area (Å²) in [7, 11) is 1.53. The first-order valence-electron chi connectivity index (χ1n) is 9.01. The van der Waals surface area contributed by atoms with Crippen molar-refractivity contribution in [3.05, 3.63) is 70.8 Å². The highest BCUT2D eigenvalue weighted by atomic mass is 16.5. The molecule has 28 heavy (non-hydrogen) atoms. The smallest absolute Gasteiger partial charge is 0.295 e. The summed E-state index contributed by atoms with van der Waals surface area (Å²) in [5.41, 5.74) is 2.08. The molecule has 2 N–H and O–H groups in total. The Morgan fingerprint density at radius 3 is 2.46 bits per heavy atom. The van der Waals surface area contributed by atoms with Crippen LogP contribution in [0.4, 0.5) is 0 Å². The Bertz CT molecular complexity index is 930. The largest absolute Gasteiger partial charge is 0.507 e. The Kier molecular flexibility index (Phi) is 5.51. The number of β-amino-alcohol motifs (C(OH)–C–C–N with tert-alkyl or cyclic N) is 1. The molecule has 2 atom stereocenters. The van der Waals surface area contributed by atoms with E-state index in [2.05, 4.69) is 0 Å². The van der Waals surface area contributed by atoms with Crippen LogP contribution in [0, 0.1) is 6.92 Å². The number of carbonyl (C=O) groups excluding carboxylic acids is 2. The molecule has 0 saturated carbocycles. The van der Waals surface area contributed by atoms with Crippen molar-refractivity contribution in [1.29, 1.82) is 0 Å². The number of Topliss-reactive ketones (excluding diaryl/α,β-unsaturated/α-hetero) is 1. The first-order chi connectivity index (χ1) is 13.3. The first kappa shape index (κ1) is 19.6. The normalized spacial score (nSPS) is 19.7. The van der Waals surface area contributed by atoms with E-state index in [4.69, 9.17) is 4.74 Å². The van der Waals surface area contributed by atoms with Gasteiger partial charge in [-0.05, 0) is 31.5 Å². The van der Waals surface area contributed by atoms with Crippen LogP contribution in [0.1, 0.15) is 29.7 Å². The molecular weight excluding hydrogens is 358 g/mol. The number of nitrogens with zero attached hydrogens (tertiary/aromatic N) is 1. The van der Waals surface area contributed by atoms with Gasteiger partial charge < -0.3 is 19.8 Å². The molecule has 0 spiro atoms. The second kappa shape index (κ2) is 7.86. The maximum atomic E-state index is 12.8. The third-order valence-corrected chi connectivity index (χ3v) is 4.74.